The van der Waals surface area contributed by atoms with Crippen LogP contribution in [0.1, 0.15) is 21.9 Å². The molecule has 3 rings (SSSR count). The molecular weight excluding hydrogens is 476 g/mol. The molecule has 168 valence electrons. The fourth-order valence-electron chi connectivity index (χ4n) is 2.78. The van der Waals surface area contributed by atoms with Gasteiger partial charge in [-0.2, -0.15) is 26.3 Å². The highest BCUT2D eigenvalue weighted by molar-refractivity contribution is 8.00. The monoisotopic (exact) mass is 489 g/mol. The van der Waals surface area contributed by atoms with E-state index in [9.17, 15) is 31.1 Å². The SMILES string of the molecule is O=C(Nc1cc(C(F)(F)F)cc(C(F)(F)F)c1)C(Sc1ccc(Cl)cc1)c1ccccc1. The molecule has 0 aliphatic heterocycles. The van der Waals surface area contributed by atoms with Gasteiger partial charge in [-0.15, -0.1) is 11.8 Å². The Kier molecular flexibility index (Phi) is 7.09. The Morgan fingerprint density at radius 2 is 1.34 bits per heavy atom. The molecule has 0 aliphatic carbocycles. The quantitative estimate of drug-likeness (QED) is 0.292. The summed E-state index contributed by atoms with van der Waals surface area (Å²) in [6, 6.07) is 15.8. The molecule has 0 bridgehead atoms. The first kappa shape index (κ1) is 24.0. The van der Waals surface area contributed by atoms with E-state index in [0.29, 0.717) is 27.6 Å². The number of carbonyl (C=O) groups excluding carboxylic acids is 1. The Hall–Kier alpha value is -2.65. The van der Waals surface area contributed by atoms with E-state index in [1.165, 1.54) is 0 Å². The van der Waals surface area contributed by atoms with Crippen molar-refractivity contribution in [1.29, 1.82) is 0 Å². The van der Waals surface area contributed by atoms with Gasteiger partial charge in [0, 0.05) is 15.6 Å². The first-order valence-corrected chi connectivity index (χ1v) is 10.3. The molecule has 2 nitrogen and oxygen atoms in total. The summed E-state index contributed by atoms with van der Waals surface area (Å²) in [5.41, 5.74) is -3.10. The van der Waals surface area contributed by atoms with Gasteiger partial charge >= 0.3 is 12.4 Å². The van der Waals surface area contributed by atoms with Crippen LogP contribution in [0.15, 0.2) is 77.7 Å². The molecule has 0 aliphatic rings. The largest absolute Gasteiger partial charge is 0.416 e. The lowest BCUT2D eigenvalue weighted by Crippen LogP contribution is -2.20. The van der Waals surface area contributed by atoms with Crippen molar-refractivity contribution in [3.8, 4) is 0 Å². The molecule has 1 unspecified atom stereocenters. The summed E-state index contributed by atoms with van der Waals surface area (Å²) in [4.78, 5) is 13.6. The molecular formula is C22H14ClF6NOS. The molecule has 0 aromatic heterocycles. The lowest BCUT2D eigenvalue weighted by molar-refractivity contribution is -0.143. The third-order valence-corrected chi connectivity index (χ3v) is 5.78. The molecule has 32 heavy (non-hydrogen) atoms. The van der Waals surface area contributed by atoms with Crippen molar-refractivity contribution in [2.45, 2.75) is 22.5 Å². The summed E-state index contributed by atoms with van der Waals surface area (Å²) in [6.45, 7) is 0. The van der Waals surface area contributed by atoms with Crippen LogP contribution >= 0.6 is 23.4 Å². The van der Waals surface area contributed by atoms with Crippen molar-refractivity contribution in [2.24, 2.45) is 0 Å². The number of halogens is 7. The zero-order valence-electron chi connectivity index (χ0n) is 16.0. The van der Waals surface area contributed by atoms with Gasteiger partial charge in [-0.05, 0) is 48.0 Å². The minimum absolute atomic E-state index is 0.00674. The van der Waals surface area contributed by atoms with Crippen molar-refractivity contribution in [2.75, 3.05) is 5.32 Å². The first-order valence-electron chi connectivity index (χ1n) is 9.01. The molecule has 0 spiro atoms. The van der Waals surface area contributed by atoms with Crippen LogP contribution in [-0.4, -0.2) is 5.91 Å². The second kappa shape index (κ2) is 9.46. The Labute approximate surface area is 188 Å². The molecule has 3 aromatic carbocycles. The van der Waals surface area contributed by atoms with Gasteiger partial charge in [0.05, 0.1) is 11.1 Å². The van der Waals surface area contributed by atoms with E-state index in [-0.39, 0.29) is 6.07 Å². The average molecular weight is 490 g/mol. The highest BCUT2D eigenvalue weighted by atomic mass is 35.5. The van der Waals surface area contributed by atoms with E-state index in [0.717, 1.165) is 11.8 Å². The van der Waals surface area contributed by atoms with Crippen molar-refractivity contribution in [1.82, 2.24) is 0 Å². The number of thioether (sulfide) groups is 1. The number of nitrogens with one attached hydrogen (secondary N) is 1. The minimum atomic E-state index is -5.02. The normalized spacial score (nSPS) is 13.0. The molecule has 1 N–H and O–H groups in total. The van der Waals surface area contributed by atoms with E-state index in [4.69, 9.17) is 11.6 Å². The van der Waals surface area contributed by atoms with Crippen LogP contribution in [-0.2, 0) is 17.1 Å². The number of anilines is 1. The average Bonchev–Trinajstić information content (AvgIpc) is 2.72. The third kappa shape index (κ3) is 6.20. The number of rotatable bonds is 5. The Bertz CT molecular complexity index is 1050. The van der Waals surface area contributed by atoms with E-state index in [2.05, 4.69) is 5.32 Å². The van der Waals surface area contributed by atoms with Gasteiger partial charge < -0.3 is 5.32 Å². The van der Waals surface area contributed by atoms with Gasteiger partial charge in [0.1, 0.15) is 5.25 Å². The number of amides is 1. The molecule has 10 heteroatoms. The smallest absolute Gasteiger partial charge is 0.325 e. The van der Waals surface area contributed by atoms with Crippen molar-refractivity contribution in [3.05, 3.63) is 94.5 Å². The topological polar surface area (TPSA) is 29.1 Å². The number of hydrogen-bond acceptors (Lipinski definition) is 2. The minimum Gasteiger partial charge on any atom is -0.325 e. The molecule has 1 amide bonds. The van der Waals surface area contributed by atoms with E-state index >= 15 is 0 Å². The third-order valence-electron chi connectivity index (χ3n) is 4.26. The summed E-state index contributed by atoms with van der Waals surface area (Å²) in [6.07, 6.45) is -10.0. The lowest BCUT2D eigenvalue weighted by Gasteiger charge is -2.19. The Morgan fingerprint density at radius 1 is 0.812 bits per heavy atom. The van der Waals surface area contributed by atoms with Gasteiger partial charge in [-0.1, -0.05) is 41.9 Å². The van der Waals surface area contributed by atoms with Crippen LogP contribution in [0.2, 0.25) is 5.02 Å². The zero-order chi connectivity index (χ0) is 23.5. The number of alkyl halides is 6. The van der Waals surface area contributed by atoms with Crippen molar-refractivity contribution < 1.29 is 31.1 Å². The maximum atomic E-state index is 13.1. The number of carbonyl (C=O) groups is 1. The molecule has 0 heterocycles. The summed E-state index contributed by atoms with van der Waals surface area (Å²) in [5.74, 6) is -0.774. The summed E-state index contributed by atoms with van der Waals surface area (Å²) in [7, 11) is 0. The molecule has 0 saturated carbocycles. The van der Waals surface area contributed by atoms with Crippen LogP contribution in [0.3, 0.4) is 0 Å². The zero-order valence-corrected chi connectivity index (χ0v) is 17.5. The summed E-state index contributed by atoms with van der Waals surface area (Å²) >= 11 is 6.95. The molecule has 0 fully saturated rings. The fraction of sp³-hybridized carbons (Fsp3) is 0.136. The fourth-order valence-corrected chi connectivity index (χ4v) is 3.94. The Morgan fingerprint density at radius 3 is 1.84 bits per heavy atom. The van der Waals surface area contributed by atoms with Gasteiger partial charge in [0.25, 0.3) is 0 Å². The number of benzene rings is 3. The summed E-state index contributed by atoms with van der Waals surface area (Å²) in [5, 5.41) is 1.74. The van der Waals surface area contributed by atoms with Crippen molar-refractivity contribution in [3.63, 3.8) is 0 Å². The predicted molar refractivity (Wildman–Crippen MR) is 112 cm³/mol. The number of hydrogen-bond donors (Lipinski definition) is 1. The maximum Gasteiger partial charge on any atom is 0.416 e. The van der Waals surface area contributed by atoms with Gasteiger partial charge in [0.15, 0.2) is 0 Å². The van der Waals surface area contributed by atoms with E-state index in [1.807, 2.05) is 0 Å². The highest BCUT2D eigenvalue weighted by Crippen LogP contribution is 2.39. The lowest BCUT2D eigenvalue weighted by atomic mass is 10.1. The second-order valence-electron chi connectivity index (χ2n) is 6.65. The van der Waals surface area contributed by atoms with Crippen LogP contribution in [0.4, 0.5) is 32.0 Å². The maximum absolute atomic E-state index is 13.1. The van der Waals surface area contributed by atoms with Gasteiger partial charge in [0.2, 0.25) is 5.91 Å². The molecule has 0 radical (unpaired) electrons. The van der Waals surface area contributed by atoms with E-state index < -0.39 is 40.3 Å². The van der Waals surface area contributed by atoms with Gasteiger partial charge in [-0.25, -0.2) is 0 Å². The van der Waals surface area contributed by atoms with Crippen LogP contribution < -0.4 is 5.32 Å². The first-order chi connectivity index (χ1) is 14.9. The van der Waals surface area contributed by atoms with Crippen LogP contribution in [0, 0.1) is 0 Å². The van der Waals surface area contributed by atoms with Crippen LogP contribution in [0.25, 0.3) is 0 Å². The molecule has 1 atom stereocenters. The standard InChI is InChI=1S/C22H14ClF6NOS/c23-16-6-8-18(9-7-16)32-19(13-4-2-1-3-5-13)20(31)30-17-11-14(21(24,25)26)10-15(12-17)22(27,28)29/h1-12,19H,(H,30,31). The molecule has 0 saturated heterocycles. The van der Waals surface area contributed by atoms with Gasteiger partial charge in [-0.3, -0.25) is 4.79 Å². The van der Waals surface area contributed by atoms with Crippen molar-refractivity contribution >= 4 is 35.0 Å². The Balaban J connectivity index is 1.96. The predicted octanol–water partition coefficient (Wildman–Crippen LogP) is 7.85. The second-order valence-corrected chi connectivity index (χ2v) is 8.26. The summed E-state index contributed by atoms with van der Waals surface area (Å²) < 4.78 is 78.7. The van der Waals surface area contributed by atoms with Crippen LogP contribution in [0.5, 0.6) is 0 Å². The van der Waals surface area contributed by atoms with E-state index in [1.54, 1.807) is 54.6 Å². The highest BCUT2D eigenvalue weighted by Gasteiger charge is 2.37. The molecule has 3 aromatic rings.